The molecule has 19 heteroatoms. The lowest BCUT2D eigenvalue weighted by atomic mass is 9.83. The SMILES string of the molecule is CN1C(=CC=Cc2sc(C(=CC=C3N(C)c4ccccc4C3(C)C)c3n[n+](-c4ccccc4)c(C=CC=C4N(C)c5ccccc5C4(C)C)s3)n[n+]2-c2ccccc2)C(C)(C)c2ccccc21.[O-][Cl+3]([O-])([O-])[O-].[O-][Cl+3]([O-])([O-])[O-]. The van der Waals surface area contributed by atoms with E-state index in [9.17, 15) is 0 Å². The average molecular weight is 1120 g/mol. The number of fused-ring (bicyclic) bond motifs is 3. The fourth-order valence-corrected chi connectivity index (χ4v) is 12.3. The highest BCUT2D eigenvalue weighted by molar-refractivity contribution is 7.15. The first-order valence-electron chi connectivity index (χ1n) is 24.2. The van der Waals surface area contributed by atoms with Crippen molar-refractivity contribution in [3.8, 4) is 11.4 Å². The predicted octanol–water partition coefficient (Wildman–Crippen LogP) is 3.03. The zero-order chi connectivity index (χ0) is 55.7. The van der Waals surface area contributed by atoms with Crippen LogP contribution in [0.5, 0.6) is 0 Å². The third kappa shape index (κ3) is 12.4. The van der Waals surface area contributed by atoms with Crippen molar-refractivity contribution in [3.05, 3.63) is 224 Å². The molecule has 3 aliphatic heterocycles. The summed E-state index contributed by atoms with van der Waals surface area (Å²) in [5.74, 6) is 0. The van der Waals surface area contributed by atoms with Gasteiger partial charge in [0.2, 0.25) is 21.4 Å². The summed E-state index contributed by atoms with van der Waals surface area (Å²) < 4.78 is 72.1. The van der Waals surface area contributed by atoms with Gasteiger partial charge in [0, 0.05) is 118 Å². The van der Waals surface area contributed by atoms with Crippen molar-refractivity contribution in [2.75, 3.05) is 35.8 Å². The van der Waals surface area contributed by atoms with E-state index in [2.05, 4.69) is 269 Å². The van der Waals surface area contributed by atoms with Crippen LogP contribution >= 0.6 is 22.7 Å². The summed E-state index contributed by atoms with van der Waals surface area (Å²) in [6, 6.07) is 47.0. The van der Waals surface area contributed by atoms with E-state index in [0.29, 0.717) is 0 Å². The number of nitrogens with zero attached hydrogens (tertiary/aromatic N) is 7. The molecule has 0 radical (unpaired) electrons. The average Bonchev–Trinajstić information content (AvgIpc) is 4.18. The molecular formula is C58H57Cl2N7O8S2. The number of rotatable bonds is 9. The number of aromatic nitrogens is 4. The predicted molar refractivity (Wildman–Crippen MR) is 280 cm³/mol. The summed E-state index contributed by atoms with van der Waals surface area (Å²) in [6.45, 7) is 13.8. The Morgan fingerprint density at radius 1 is 0.442 bits per heavy atom. The van der Waals surface area contributed by atoms with Crippen LogP contribution in [0.1, 0.15) is 78.3 Å². The van der Waals surface area contributed by atoms with Gasteiger partial charge in [-0.2, -0.15) is 0 Å². The van der Waals surface area contributed by atoms with Crippen molar-refractivity contribution >= 4 is 57.5 Å². The summed E-state index contributed by atoms with van der Waals surface area (Å²) >= 11 is 3.35. The zero-order valence-electron chi connectivity index (χ0n) is 43.8. The van der Waals surface area contributed by atoms with Gasteiger partial charge in [0.05, 0.1) is 5.57 Å². The molecule has 0 bridgehead atoms. The van der Waals surface area contributed by atoms with E-state index in [4.69, 9.17) is 47.5 Å². The summed E-state index contributed by atoms with van der Waals surface area (Å²) in [5.41, 5.74) is 13.8. The lowest BCUT2D eigenvalue weighted by Gasteiger charge is -2.23. The topological polar surface area (TPSA) is 228 Å². The zero-order valence-corrected chi connectivity index (χ0v) is 46.9. The summed E-state index contributed by atoms with van der Waals surface area (Å²) in [4.78, 5) is 6.95. The first-order valence-corrected chi connectivity index (χ1v) is 28.3. The highest BCUT2D eigenvalue weighted by Gasteiger charge is 2.40. The highest BCUT2D eigenvalue weighted by atomic mass is 35.7. The molecule has 0 N–H and O–H groups in total. The molecule has 0 unspecified atom stereocenters. The standard InChI is InChI=1S/C58H57N7S2.2ClHO4/c1-56(2)43-28-16-19-31-46(43)61(7)49(56)34-22-36-52-64(40-24-12-10-13-25-40)59-54(66-52)42(38-39-51-58(5,6)45-30-18-21-33-48(45)63(51)9)55-60-65(41-26-14-11-15-27-41)53(67-55)37-23-35-50-57(3,4)44-29-17-20-32-47(44)62(50)8;2*2-1(3,4)5/h10-39H,1-9H3;2*(H,2,3,4,5)/q+2;;/p-2. The second kappa shape index (κ2) is 22.4. The molecule has 3 aliphatic rings. The third-order valence-corrected chi connectivity index (χ3v) is 15.9. The number of halogens is 2. The van der Waals surface area contributed by atoms with Crippen molar-refractivity contribution in [2.45, 2.75) is 57.8 Å². The van der Waals surface area contributed by atoms with Crippen molar-refractivity contribution in [1.82, 2.24) is 10.2 Å². The Kier molecular flexibility index (Phi) is 16.4. The van der Waals surface area contributed by atoms with E-state index in [1.807, 2.05) is 0 Å². The molecule has 7 aromatic rings. The van der Waals surface area contributed by atoms with E-state index in [1.165, 1.54) is 50.8 Å². The number of likely N-dealkylation sites (N-methyl/N-ethyl adjacent to an activating group) is 3. The largest absolute Gasteiger partial charge is 0.347 e. The van der Waals surface area contributed by atoms with E-state index in [0.717, 1.165) is 37.0 Å². The minimum atomic E-state index is -4.94. The van der Waals surface area contributed by atoms with Gasteiger partial charge in [-0.3, -0.25) is 0 Å². The van der Waals surface area contributed by atoms with Gasteiger partial charge in [-0.05, 0) is 91.2 Å². The van der Waals surface area contributed by atoms with Crippen LogP contribution in [0.2, 0.25) is 0 Å². The number of allylic oxidation sites excluding steroid dienone is 9. The molecule has 0 aliphatic carbocycles. The summed E-state index contributed by atoms with van der Waals surface area (Å²) in [7, 11) is -3.39. The molecule has 0 atom stereocenters. The van der Waals surface area contributed by atoms with Gasteiger partial charge in [-0.25, -0.2) is 37.3 Å². The highest BCUT2D eigenvalue weighted by Crippen LogP contribution is 2.49. The maximum atomic E-state index is 8.49. The van der Waals surface area contributed by atoms with Crippen LogP contribution in [0, 0.1) is 20.5 Å². The Morgan fingerprint density at radius 3 is 1.04 bits per heavy atom. The first-order chi connectivity index (χ1) is 36.3. The van der Waals surface area contributed by atoms with Crippen LogP contribution in [-0.4, -0.2) is 31.3 Å². The molecule has 0 amide bonds. The van der Waals surface area contributed by atoms with Gasteiger partial charge in [0.1, 0.15) is 0 Å². The lowest BCUT2D eigenvalue weighted by molar-refractivity contribution is -2.00. The summed E-state index contributed by atoms with van der Waals surface area (Å²) in [6.07, 6.45) is 17.8. The molecule has 5 aromatic carbocycles. The quantitative estimate of drug-likeness (QED) is 0.190. The monoisotopic (exact) mass is 1110 g/mol. The number of anilines is 3. The molecule has 0 saturated carbocycles. The van der Waals surface area contributed by atoms with Crippen LogP contribution in [-0.2, 0) is 16.2 Å². The van der Waals surface area contributed by atoms with Crippen molar-refractivity contribution in [1.29, 1.82) is 0 Å². The molecule has 0 fully saturated rings. The Bertz CT molecular complexity index is 3270. The molecule has 5 heterocycles. The molecule has 398 valence electrons. The molecule has 2 aromatic heterocycles. The maximum absolute atomic E-state index is 8.49. The van der Waals surface area contributed by atoms with Gasteiger partial charge < -0.3 is 14.7 Å². The van der Waals surface area contributed by atoms with Gasteiger partial charge in [-0.15, -0.1) is 20.5 Å². The molecule has 0 saturated heterocycles. The molecule has 0 spiro atoms. The minimum Gasteiger partial charge on any atom is -0.347 e. The third-order valence-electron chi connectivity index (χ3n) is 13.9. The fraction of sp³-hybridized carbons (Fsp3) is 0.207. The van der Waals surface area contributed by atoms with Crippen LogP contribution in [0.25, 0.3) is 29.1 Å². The van der Waals surface area contributed by atoms with Gasteiger partial charge >= 0.3 is 0 Å². The second-order valence-corrected chi connectivity index (χ2v) is 23.3. The van der Waals surface area contributed by atoms with E-state index in [-0.39, 0.29) is 16.2 Å². The minimum absolute atomic E-state index is 0.135. The molecule has 10 rings (SSSR count). The smallest absolute Gasteiger partial charge is 0.296 e. The Hall–Kier alpha value is -6.68. The number of benzene rings is 5. The number of hydrogen-bond acceptors (Lipinski definition) is 15. The van der Waals surface area contributed by atoms with Gasteiger partial charge in [0.15, 0.2) is 0 Å². The van der Waals surface area contributed by atoms with Crippen LogP contribution in [0.15, 0.2) is 187 Å². The van der Waals surface area contributed by atoms with E-state index >= 15 is 0 Å². The van der Waals surface area contributed by atoms with Crippen LogP contribution < -0.4 is 61.3 Å². The Labute approximate surface area is 460 Å². The Balaban J connectivity index is 0.000000720. The lowest BCUT2D eigenvalue weighted by Crippen LogP contribution is -2.68. The van der Waals surface area contributed by atoms with Crippen LogP contribution in [0.4, 0.5) is 17.1 Å². The van der Waals surface area contributed by atoms with Crippen molar-refractivity contribution in [3.63, 3.8) is 0 Å². The van der Waals surface area contributed by atoms with Crippen molar-refractivity contribution in [2.24, 2.45) is 0 Å². The van der Waals surface area contributed by atoms with E-state index < -0.39 is 20.5 Å². The normalized spacial score (nSPS) is 17.6. The first kappa shape index (κ1) is 56.5. The summed E-state index contributed by atoms with van der Waals surface area (Å²) in [5, 5.41) is 14.7. The van der Waals surface area contributed by atoms with Gasteiger partial charge in [0.25, 0.3) is 10.0 Å². The Morgan fingerprint density at radius 2 is 0.727 bits per heavy atom. The number of para-hydroxylation sites is 5. The van der Waals surface area contributed by atoms with Crippen LogP contribution in [0.3, 0.4) is 0 Å². The molecule has 15 nitrogen and oxygen atoms in total. The molecular weight excluding hydrogens is 1060 g/mol. The van der Waals surface area contributed by atoms with Crippen molar-refractivity contribution < 1.29 is 67.1 Å². The second-order valence-electron chi connectivity index (χ2n) is 19.8. The van der Waals surface area contributed by atoms with E-state index in [1.54, 1.807) is 22.7 Å². The number of hydrogen-bond donors (Lipinski definition) is 0. The maximum Gasteiger partial charge on any atom is 0.296 e. The fourth-order valence-electron chi connectivity index (χ4n) is 10.3. The van der Waals surface area contributed by atoms with Gasteiger partial charge in [-0.1, -0.05) is 145 Å². The molecule has 77 heavy (non-hydrogen) atoms.